The Kier molecular flexibility index (Phi) is 3.86. The first-order valence-corrected chi connectivity index (χ1v) is 6.26. The number of nitrogens with two attached hydrogens (primary N) is 1. The summed E-state index contributed by atoms with van der Waals surface area (Å²) in [5.74, 6) is 0.305. The van der Waals surface area contributed by atoms with Crippen molar-refractivity contribution in [2.75, 3.05) is 25.4 Å². The molecule has 1 amide bonds. The predicted molar refractivity (Wildman–Crippen MR) is 68.0 cm³/mol. The van der Waals surface area contributed by atoms with E-state index in [1.54, 1.807) is 6.20 Å². The number of aromatic nitrogens is 2. The van der Waals surface area contributed by atoms with Crippen LogP contribution in [0, 0.1) is 0 Å². The average Bonchev–Trinajstić information content (AvgIpc) is 2.93. The zero-order valence-corrected chi connectivity index (χ0v) is 10.8. The van der Waals surface area contributed by atoms with Crippen LogP contribution in [0.5, 0.6) is 0 Å². The van der Waals surface area contributed by atoms with Gasteiger partial charge in [0.15, 0.2) is 0 Å². The molecular weight excluding hydrogens is 232 g/mol. The summed E-state index contributed by atoms with van der Waals surface area (Å²) in [5.41, 5.74) is 7.43. The number of anilines is 1. The molecule has 1 aromatic heterocycles. The second kappa shape index (κ2) is 5.39. The van der Waals surface area contributed by atoms with Gasteiger partial charge in [0.2, 0.25) is 5.91 Å². The summed E-state index contributed by atoms with van der Waals surface area (Å²) in [6.45, 7) is 5.44. The van der Waals surface area contributed by atoms with Crippen molar-refractivity contribution in [1.82, 2.24) is 15.1 Å². The van der Waals surface area contributed by atoms with Crippen LogP contribution in [0.2, 0.25) is 0 Å². The summed E-state index contributed by atoms with van der Waals surface area (Å²) in [6.07, 6.45) is 2.61. The van der Waals surface area contributed by atoms with Gasteiger partial charge in [0.1, 0.15) is 6.61 Å². The Morgan fingerprint density at radius 2 is 2.50 bits per heavy atom. The number of aromatic amines is 1. The van der Waals surface area contributed by atoms with Gasteiger partial charge in [0.25, 0.3) is 0 Å². The maximum absolute atomic E-state index is 11.9. The quantitative estimate of drug-likeness (QED) is 0.827. The van der Waals surface area contributed by atoms with E-state index in [0.717, 1.165) is 18.7 Å². The van der Waals surface area contributed by atoms with Crippen LogP contribution in [-0.2, 0) is 9.53 Å². The average molecular weight is 252 g/mol. The maximum atomic E-state index is 11.9. The van der Waals surface area contributed by atoms with E-state index in [-0.39, 0.29) is 24.5 Å². The highest BCUT2D eigenvalue weighted by Crippen LogP contribution is 2.28. The fourth-order valence-corrected chi connectivity index (χ4v) is 2.18. The summed E-state index contributed by atoms with van der Waals surface area (Å²) < 4.78 is 5.33. The molecule has 0 spiro atoms. The van der Waals surface area contributed by atoms with Gasteiger partial charge in [-0.15, -0.1) is 0 Å². The fraction of sp³-hybridized carbons (Fsp3) is 0.667. The Labute approximate surface area is 106 Å². The fourth-order valence-electron chi connectivity index (χ4n) is 2.18. The highest BCUT2D eigenvalue weighted by atomic mass is 16.5. The maximum Gasteiger partial charge on any atom is 0.248 e. The molecule has 1 atom stereocenters. The van der Waals surface area contributed by atoms with Crippen molar-refractivity contribution >= 4 is 11.6 Å². The molecule has 1 aliphatic heterocycles. The summed E-state index contributed by atoms with van der Waals surface area (Å²) in [6, 6.07) is 0. The van der Waals surface area contributed by atoms with E-state index in [1.165, 1.54) is 0 Å². The van der Waals surface area contributed by atoms with Crippen LogP contribution in [0.15, 0.2) is 6.20 Å². The molecule has 2 rings (SSSR count). The van der Waals surface area contributed by atoms with E-state index < -0.39 is 0 Å². The van der Waals surface area contributed by atoms with Crippen LogP contribution in [0.3, 0.4) is 0 Å². The third-order valence-corrected chi connectivity index (χ3v) is 3.19. The number of amides is 1. The number of rotatable bonds is 4. The zero-order valence-electron chi connectivity index (χ0n) is 10.8. The monoisotopic (exact) mass is 252 g/mol. The minimum atomic E-state index is 0.0456. The van der Waals surface area contributed by atoms with Crippen LogP contribution in [0.25, 0.3) is 0 Å². The van der Waals surface area contributed by atoms with Gasteiger partial charge in [-0.05, 0) is 20.3 Å². The van der Waals surface area contributed by atoms with Gasteiger partial charge in [-0.1, -0.05) is 0 Å². The molecule has 6 heteroatoms. The van der Waals surface area contributed by atoms with E-state index in [9.17, 15) is 4.79 Å². The van der Waals surface area contributed by atoms with E-state index in [2.05, 4.69) is 10.2 Å². The SMILES string of the molecule is CC(C)OCC(=O)N1CCC(c2[nH]ncc2N)C1. The molecule has 0 radical (unpaired) electrons. The van der Waals surface area contributed by atoms with Crippen LogP contribution in [0.1, 0.15) is 31.9 Å². The molecule has 100 valence electrons. The van der Waals surface area contributed by atoms with E-state index in [0.29, 0.717) is 12.2 Å². The Morgan fingerprint density at radius 3 is 3.11 bits per heavy atom. The van der Waals surface area contributed by atoms with E-state index in [4.69, 9.17) is 10.5 Å². The highest BCUT2D eigenvalue weighted by molar-refractivity contribution is 5.77. The van der Waals surface area contributed by atoms with Crippen molar-refractivity contribution in [2.24, 2.45) is 0 Å². The summed E-state index contributed by atoms with van der Waals surface area (Å²) in [5, 5.41) is 6.83. The van der Waals surface area contributed by atoms with Crippen molar-refractivity contribution in [3.05, 3.63) is 11.9 Å². The second-order valence-corrected chi connectivity index (χ2v) is 4.92. The lowest BCUT2D eigenvalue weighted by Gasteiger charge is -2.17. The van der Waals surface area contributed by atoms with Crippen LogP contribution >= 0.6 is 0 Å². The van der Waals surface area contributed by atoms with Crippen molar-refractivity contribution < 1.29 is 9.53 Å². The molecule has 0 aromatic carbocycles. The first-order chi connectivity index (χ1) is 8.58. The van der Waals surface area contributed by atoms with Gasteiger partial charge in [0, 0.05) is 19.0 Å². The first-order valence-electron chi connectivity index (χ1n) is 6.26. The number of ether oxygens (including phenoxy) is 1. The second-order valence-electron chi connectivity index (χ2n) is 4.92. The van der Waals surface area contributed by atoms with Crippen molar-refractivity contribution in [2.45, 2.75) is 32.3 Å². The van der Waals surface area contributed by atoms with Crippen molar-refractivity contribution in [1.29, 1.82) is 0 Å². The minimum Gasteiger partial charge on any atom is -0.396 e. The molecule has 3 N–H and O–H groups in total. The molecule has 18 heavy (non-hydrogen) atoms. The number of likely N-dealkylation sites (tertiary alicyclic amines) is 1. The van der Waals surface area contributed by atoms with Gasteiger partial charge < -0.3 is 15.4 Å². The lowest BCUT2D eigenvalue weighted by Crippen LogP contribution is -2.32. The summed E-state index contributed by atoms with van der Waals surface area (Å²) >= 11 is 0. The number of carbonyl (C=O) groups excluding carboxylic acids is 1. The largest absolute Gasteiger partial charge is 0.396 e. The molecule has 1 unspecified atom stereocenters. The Hall–Kier alpha value is -1.56. The Morgan fingerprint density at radius 1 is 1.72 bits per heavy atom. The number of hydrogen-bond acceptors (Lipinski definition) is 4. The number of nitrogens with one attached hydrogen (secondary N) is 1. The molecule has 0 bridgehead atoms. The Bertz CT molecular complexity index is 416. The summed E-state index contributed by atoms with van der Waals surface area (Å²) in [7, 11) is 0. The lowest BCUT2D eigenvalue weighted by molar-refractivity contribution is -0.136. The van der Waals surface area contributed by atoms with Gasteiger partial charge in [-0.2, -0.15) is 5.10 Å². The van der Waals surface area contributed by atoms with E-state index in [1.807, 2.05) is 18.7 Å². The van der Waals surface area contributed by atoms with Crippen LogP contribution in [0.4, 0.5) is 5.69 Å². The number of hydrogen-bond donors (Lipinski definition) is 2. The highest BCUT2D eigenvalue weighted by Gasteiger charge is 2.29. The molecule has 0 aliphatic carbocycles. The zero-order chi connectivity index (χ0) is 13.1. The number of nitrogens with zero attached hydrogens (tertiary/aromatic N) is 2. The molecule has 1 saturated heterocycles. The predicted octanol–water partition coefficient (Wildman–Crippen LogP) is 0.733. The van der Waals surface area contributed by atoms with Gasteiger partial charge in [0.05, 0.1) is 23.7 Å². The normalized spacial score (nSPS) is 19.7. The summed E-state index contributed by atoms with van der Waals surface area (Å²) in [4.78, 5) is 13.7. The van der Waals surface area contributed by atoms with Gasteiger partial charge in [-0.25, -0.2) is 0 Å². The van der Waals surface area contributed by atoms with Gasteiger partial charge in [-0.3, -0.25) is 9.89 Å². The minimum absolute atomic E-state index is 0.0456. The molecule has 0 saturated carbocycles. The third kappa shape index (κ3) is 2.81. The van der Waals surface area contributed by atoms with Gasteiger partial charge >= 0.3 is 0 Å². The molecule has 1 aliphatic rings. The first kappa shape index (κ1) is 12.9. The smallest absolute Gasteiger partial charge is 0.248 e. The number of H-pyrrole nitrogens is 1. The molecule has 1 fully saturated rings. The molecular formula is C12H20N4O2. The third-order valence-electron chi connectivity index (χ3n) is 3.19. The lowest BCUT2D eigenvalue weighted by atomic mass is 10.0. The van der Waals surface area contributed by atoms with Crippen LogP contribution < -0.4 is 5.73 Å². The van der Waals surface area contributed by atoms with E-state index >= 15 is 0 Å². The standard InChI is InChI=1S/C12H20N4O2/c1-8(2)18-7-11(17)16-4-3-9(6-16)12-10(13)5-14-15-12/h5,8-9H,3-4,6-7,13H2,1-2H3,(H,14,15). The number of nitrogen functional groups attached to an aromatic ring is 1. The molecule has 1 aromatic rings. The molecule has 2 heterocycles. The Balaban J connectivity index is 1.88. The number of carbonyl (C=O) groups is 1. The van der Waals surface area contributed by atoms with Crippen molar-refractivity contribution in [3.63, 3.8) is 0 Å². The van der Waals surface area contributed by atoms with Crippen molar-refractivity contribution in [3.8, 4) is 0 Å². The molecule has 6 nitrogen and oxygen atoms in total. The van der Waals surface area contributed by atoms with Crippen LogP contribution in [-0.4, -0.2) is 46.8 Å². The topological polar surface area (TPSA) is 84.2 Å².